The van der Waals surface area contributed by atoms with Crippen LogP contribution in [0.4, 0.5) is 0 Å². The Balaban J connectivity index is 2.28. The maximum Gasteiger partial charge on any atom is 0.0463 e. The van der Waals surface area contributed by atoms with Gasteiger partial charge >= 0.3 is 0 Å². The SMILES string of the molecule is C=C(NC(C)C)[C@H]1CCCN1. The molecule has 0 aromatic rings. The third-order valence-electron chi connectivity index (χ3n) is 1.96. The molecule has 1 aliphatic rings. The normalized spacial score (nSPS) is 24.1. The average molecular weight is 154 g/mol. The molecule has 2 N–H and O–H groups in total. The van der Waals surface area contributed by atoms with E-state index in [4.69, 9.17) is 0 Å². The molecule has 1 fully saturated rings. The second kappa shape index (κ2) is 3.77. The molecule has 64 valence electrons. The van der Waals surface area contributed by atoms with Crippen molar-refractivity contribution in [2.24, 2.45) is 0 Å². The Labute approximate surface area is 69.1 Å². The Hall–Kier alpha value is -0.500. The fourth-order valence-corrected chi connectivity index (χ4v) is 1.45. The lowest BCUT2D eigenvalue weighted by atomic mass is 10.1. The maximum atomic E-state index is 4.00. The first kappa shape index (κ1) is 8.60. The highest BCUT2D eigenvalue weighted by molar-refractivity contribution is 5.05. The molecule has 1 aliphatic heterocycles. The topological polar surface area (TPSA) is 24.1 Å². The lowest BCUT2D eigenvalue weighted by molar-refractivity contribution is 0.576. The zero-order valence-electron chi connectivity index (χ0n) is 7.48. The van der Waals surface area contributed by atoms with E-state index in [1.807, 2.05) is 0 Å². The zero-order valence-corrected chi connectivity index (χ0v) is 7.48. The molecule has 0 unspecified atom stereocenters. The van der Waals surface area contributed by atoms with Crippen LogP contribution < -0.4 is 10.6 Å². The van der Waals surface area contributed by atoms with Crippen molar-refractivity contribution >= 4 is 0 Å². The van der Waals surface area contributed by atoms with E-state index >= 15 is 0 Å². The minimum absolute atomic E-state index is 0.505. The minimum atomic E-state index is 0.505. The van der Waals surface area contributed by atoms with Crippen molar-refractivity contribution in [1.82, 2.24) is 10.6 Å². The first-order valence-electron chi connectivity index (χ1n) is 4.39. The van der Waals surface area contributed by atoms with Gasteiger partial charge in [-0.3, -0.25) is 0 Å². The van der Waals surface area contributed by atoms with Gasteiger partial charge in [0.2, 0.25) is 0 Å². The molecule has 1 saturated heterocycles. The maximum absolute atomic E-state index is 4.00. The van der Waals surface area contributed by atoms with E-state index in [-0.39, 0.29) is 0 Å². The predicted molar refractivity (Wildman–Crippen MR) is 48.4 cm³/mol. The van der Waals surface area contributed by atoms with E-state index in [1.54, 1.807) is 0 Å². The van der Waals surface area contributed by atoms with Gasteiger partial charge in [-0.15, -0.1) is 0 Å². The van der Waals surface area contributed by atoms with E-state index < -0.39 is 0 Å². The van der Waals surface area contributed by atoms with Gasteiger partial charge in [0.1, 0.15) is 0 Å². The molecule has 1 atom stereocenters. The lowest BCUT2D eigenvalue weighted by Crippen LogP contribution is -2.34. The van der Waals surface area contributed by atoms with Crippen LogP contribution in [0.1, 0.15) is 26.7 Å². The summed E-state index contributed by atoms with van der Waals surface area (Å²) in [5, 5.41) is 6.73. The molecular weight excluding hydrogens is 136 g/mol. The smallest absolute Gasteiger partial charge is 0.0463 e. The van der Waals surface area contributed by atoms with Crippen LogP contribution in [-0.4, -0.2) is 18.6 Å². The zero-order chi connectivity index (χ0) is 8.27. The third kappa shape index (κ3) is 2.54. The van der Waals surface area contributed by atoms with Crippen LogP contribution in [0.3, 0.4) is 0 Å². The minimum Gasteiger partial charge on any atom is -0.385 e. The van der Waals surface area contributed by atoms with Gasteiger partial charge in [-0.1, -0.05) is 6.58 Å². The van der Waals surface area contributed by atoms with Crippen LogP contribution in [0.25, 0.3) is 0 Å². The Morgan fingerprint density at radius 3 is 2.82 bits per heavy atom. The Kier molecular flexibility index (Phi) is 2.94. The van der Waals surface area contributed by atoms with Crippen LogP contribution in [0.15, 0.2) is 12.3 Å². The van der Waals surface area contributed by atoms with Crippen molar-refractivity contribution in [2.45, 2.75) is 38.8 Å². The molecule has 1 heterocycles. The Morgan fingerprint density at radius 2 is 2.36 bits per heavy atom. The third-order valence-corrected chi connectivity index (χ3v) is 1.96. The van der Waals surface area contributed by atoms with Crippen LogP contribution in [0, 0.1) is 0 Å². The van der Waals surface area contributed by atoms with Crippen molar-refractivity contribution in [2.75, 3.05) is 6.54 Å². The molecule has 0 aliphatic carbocycles. The summed E-state index contributed by atoms with van der Waals surface area (Å²) < 4.78 is 0. The van der Waals surface area contributed by atoms with Crippen LogP contribution in [0.2, 0.25) is 0 Å². The molecule has 0 radical (unpaired) electrons. The summed E-state index contributed by atoms with van der Waals surface area (Å²) in [6.07, 6.45) is 2.52. The quantitative estimate of drug-likeness (QED) is 0.639. The molecule has 0 saturated carbocycles. The number of hydrogen-bond acceptors (Lipinski definition) is 2. The molecule has 0 spiro atoms. The molecule has 2 nitrogen and oxygen atoms in total. The summed E-state index contributed by atoms with van der Waals surface area (Å²) in [6.45, 7) is 9.42. The van der Waals surface area contributed by atoms with Crippen molar-refractivity contribution in [3.05, 3.63) is 12.3 Å². The van der Waals surface area contributed by atoms with E-state index in [1.165, 1.54) is 12.8 Å². The average Bonchev–Trinajstić information content (AvgIpc) is 2.35. The number of rotatable bonds is 3. The molecule has 11 heavy (non-hydrogen) atoms. The molecule has 0 aromatic carbocycles. The fourth-order valence-electron chi connectivity index (χ4n) is 1.45. The highest BCUT2D eigenvalue weighted by Crippen LogP contribution is 2.10. The van der Waals surface area contributed by atoms with E-state index in [9.17, 15) is 0 Å². The highest BCUT2D eigenvalue weighted by atomic mass is 15.0. The second-order valence-corrected chi connectivity index (χ2v) is 3.47. The van der Waals surface area contributed by atoms with Gasteiger partial charge in [0, 0.05) is 17.8 Å². The van der Waals surface area contributed by atoms with Gasteiger partial charge in [0.05, 0.1) is 0 Å². The monoisotopic (exact) mass is 154 g/mol. The Bertz CT molecular complexity index is 134. The standard InChI is InChI=1S/C9H18N2/c1-7(2)11-8(3)9-5-4-6-10-9/h7,9-11H,3-6H2,1-2H3/t9-/m1/s1. The molecular formula is C9H18N2. The van der Waals surface area contributed by atoms with Gasteiger partial charge in [-0.25, -0.2) is 0 Å². The Morgan fingerprint density at radius 1 is 1.64 bits per heavy atom. The summed E-state index contributed by atoms with van der Waals surface area (Å²) in [5.41, 5.74) is 1.15. The number of hydrogen-bond donors (Lipinski definition) is 2. The first-order valence-corrected chi connectivity index (χ1v) is 4.39. The summed E-state index contributed by atoms with van der Waals surface area (Å²) in [7, 11) is 0. The second-order valence-electron chi connectivity index (χ2n) is 3.47. The highest BCUT2D eigenvalue weighted by Gasteiger charge is 2.16. The predicted octanol–water partition coefficient (Wildman–Crippen LogP) is 1.25. The van der Waals surface area contributed by atoms with Gasteiger partial charge in [-0.05, 0) is 33.2 Å². The summed E-state index contributed by atoms with van der Waals surface area (Å²) in [6, 6.07) is 1.02. The van der Waals surface area contributed by atoms with Crippen molar-refractivity contribution < 1.29 is 0 Å². The van der Waals surface area contributed by atoms with Gasteiger partial charge < -0.3 is 10.6 Å². The largest absolute Gasteiger partial charge is 0.385 e. The van der Waals surface area contributed by atoms with Gasteiger partial charge in [-0.2, -0.15) is 0 Å². The van der Waals surface area contributed by atoms with Crippen LogP contribution >= 0.6 is 0 Å². The molecule has 0 bridgehead atoms. The van der Waals surface area contributed by atoms with Gasteiger partial charge in [0.15, 0.2) is 0 Å². The molecule has 0 amide bonds. The van der Waals surface area contributed by atoms with Crippen molar-refractivity contribution in [3.63, 3.8) is 0 Å². The van der Waals surface area contributed by atoms with E-state index in [0.717, 1.165) is 12.2 Å². The van der Waals surface area contributed by atoms with E-state index in [2.05, 4.69) is 31.1 Å². The fraction of sp³-hybridized carbons (Fsp3) is 0.778. The summed E-state index contributed by atoms with van der Waals surface area (Å²) in [4.78, 5) is 0. The summed E-state index contributed by atoms with van der Waals surface area (Å²) >= 11 is 0. The lowest BCUT2D eigenvalue weighted by Gasteiger charge is -2.18. The molecule has 0 aromatic heterocycles. The molecule has 2 heteroatoms. The number of nitrogens with one attached hydrogen (secondary N) is 2. The van der Waals surface area contributed by atoms with Crippen molar-refractivity contribution in [3.8, 4) is 0 Å². The summed E-state index contributed by atoms with van der Waals surface area (Å²) in [5.74, 6) is 0. The van der Waals surface area contributed by atoms with Gasteiger partial charge in [0.25, 0.3) is 0 Å². The molecule has 1 rings (SSSR count). The van der Waals surface area contributed by atoms with Crippen LogP contribution in [-0.2, 0) is 0 Å². The van der Waals surface area contributed by atoms with E-state index in [0.29, 0.717) is 12.1 Å². The van der Waals surface area contributed by atoms with Crippen molar-refractivity contribution in [1.29, 1.82) is 0 Å². The van der Waals surface area contributed by atoms with Crippen LogP contribution in [0.5, 0.6) is 0 Å². The first-order chi connectivity index (χ1) is 5.20.